The van der Waals surface area contributed by atoms with Gasteiger partial charge in [-0.25, -0.2) is 4.98 Å². The van der Waals surface area contributed by atoms with Crippen molar-refractivity contribution in [2.75, 3.05) is 13.1 Å². The number of nitrogens with zero attached hydrogens (tertiary/aromatic N) is 2. The van der Waals surface area contributed by atoms with E-state index in [1.807, 2.05) is 42.2 Å². The Kier molecular flexibility index (Phi) is 4.51. The van der Waals surface area contributed by atoms with E-state index >= 15 is 0 Å². The Bertz CT molecular complexity index is 668. The molecule has 1 aromatic heterocycles. The quantitative estimate of drug-likeness (QED) is 0.868. The summed E-state index contributed by atoms with van der Waals surface area (Å²) >= 11 is 0. The van der Waals surface area contributed by atoms with Gasteiger partial charge in [-0.05, 0) is 37.3 Å². The zero-order chi connectivity index (χ0) is 16.4. The third kappa shape index (κ3) is 3.63. The summed E-state index contributed by atoms with van der Waals surface area (Å²) in [4.78, 5) is 19.1. The van der Waals surface area contributed by atoms with Gasteiger partial charge in [-0.1, -0.05) is 32.0 Å². The lowest BCUT2D eigenvalue weighted by Gasteiger charge is -2.35. The summed E-state index contributed by atoms with van der Waals surface area (Å²) in [6, 6.07) is 9.80. The number of amides is 1. The van der Waals surface area contributed by atoms with Crippen LogP contribution in [0.5, 0.6) is 0 Å². The number of carbonyl (C=O) groups excluding carboxylic acids is 1. The van der Waals surface area contributed by atoms with E-state index in [9.17, 15) is 4.79 Å². The third-order valence-corrected chi connectivity index (χ3v) is 4.45. The first-order valence-electron chi connectivity index (χ1n) is 8.32. The first kappa shape index (κ1) is 15.8. The van der Waals surface area contributed by atoms with Crippen LogP contribution in [0, 0.1) is 18.8 Å². The highest BCUT2D eigenvalue weighted by atomic mass is 16.4. The highest BCUT2D eigenvalue weighted by Crippen LogP contribution is 2.24. The van der Waals surface area contributed by atoms with Gasteiger partial charge in [-0.2, -0.15) is 0 Å². The molecule has 1 fully saturated rings. The summed E-state index contributed by atoms with van der Waals surface area (Å²) in [6.07, 6.45) is 1.52. The van der Waals surface area contributed by atoms with Gasteiger partial charge in [0.1, 0.15) is 5.76 Å². The van der Waals surface area contributed by atoms with Gasteiger partial charge in [0, 0.05) is 18.7 Å². The molecule has 1 amide bonds. The van der Waals surface area contributed by atoms with Crippen molar-refractivity contribution < 1.29 is 9.21 Å². The molecule has 4 heteroatoms. The molecule has 4 nitrogen and oxygen atoms in total. The Morgan fingerprint density at radius 1 is 1.22 bits per heavy atom. The lowest BCUT2D eigenvalue weighted by Crippen LogP contribution is -2.43. The molecule has 0 radical (unpaired) electrons. The van der Waals surface area contributed by atoms with Crippen molar-refractivity contribution in [2.45, 2.75) is 33.6 Å². The van der Waals surface area contributed by atoms with Crippen molar-refractivity contribution >= 4 is 5.91 Å². The van der Waals surface area contributed by atoms with Crippen LogP contribution >= 0.6 is 0 Å². The summed E-state index contributed by atoms with van der Waals surface area (Å²) in [5.74, 6) is 2.61. The first-order chi connectivity index (χ1) is 11.0. The Morgan fingerprint density at radius 2 is 1.87 bits per heavy atom. The highest BCUT2D eigenvalue weighted by Gasteiger charge is 2.26. The SMILES string of the molecule is Cc1oc(-c2ccccc2)nc1CC(=O)N1CC(C)CC(C)C1. The molecule has 0 spiro atoms. The minimum Gasteiger partial charge on any atom is -0.441 e. The van der Waals surface area contributed by atoms with Gasteiger partial charge in [0.2, 0.25) is 11.8 Å². The van der Waals surface area contributed by atoms with Crippen LogP contribution < -0.4 is 0 Å². The van der Waals surface area contributed by atoms with Crippen LogP contribution in [-0.2, 0) is 11.2 Å². The van der Waals surface area contributed by atoms with Crippen LogP contribution in [0.1, 0.15) is 31.7 Å². The molecule has 0 aliphatic carbocycles. The maximum Gasteiger partial charge on any atom is 0.228 e. The van der Waals surface area contributed by atoms with Crippen molar-refractivity contribution in [3.8, 4) is 11.5 Å². The standard InChI is InChI=1S/C19H24N2O2/c1-13-9-14(2)12-21(11-13)18(22)10-17-15(3)23-19(20-17)16-7-5-4-6-8-16/h4-8,13-14H,9-12H2,1-3H3. The smallest absolute Gasteiger partial charge is 0.228 e. The normalized spacial score (nSPS) is 21.4. The minimum atomic E-state index is 0.152. The van der Waals surface area contributed by atoms with E-state index in [1.54, 1.807) is 0 Å². The number of carbonyl (C=O) groups is 1. The largest absolute Gasteiger partial charge is 0.441 e. The summed E-state index contributed by atoms with van der Waals surface area (Å²) < 4.78 is 5.75. The van der Waals surface area contributed by atoms with Crippen LogP contribution in [0.4, 0.5) is 0 Å². The fraction of sp³-hybridized carbons (Fsp3) is 0.474. The van der Waals surface area contributed by atoms with Crippen molar-refractivity contribution in [3.05, 3.63) is 41.8 Å². The first-order valence-corrected chi connectivity index (χ1v) is 8.32. The molecular formula is C19H24N2O2. The van der Waals surface area contributed by atoms with Gasteiger partial charge in [-0.3, -0.25) is 4.79 Å². The van der Waals surface area contributed by atoms with Gasteiger partial charge in [-0.15, -0.1) is 0 Å². The molecule has 2 atom stereocenters. The van der Waals surface area contributed by atoms with Crippen LogP contribution in [-0.4, -0.2) is 28.9 Å². The zero-order valence-electron chi connectivity index (χ0n) is 14.1. The second-order valence-electron chi connectivity index (χ2n) is 6.81. The lowest BCUT2D eigenvalue weighted by atomic mass is 9.91. The van der Waals surface area contributed by atoms with Crippen LogP contribution in [0.2, 0.25) is 0 Å². The van der Waals surface area contributed by atoms with Crippen molar-refractivity contribution in [1.29, 1.82) is 0 Å². The molecular weight excluding hydrogens is 288 g/mol. The maximum atomic E-state index is 12.6. The minimum absolute atomic E-state index is 0.152. The van der Waals surface area contributed by atoms with E-state index in [-0.39, 0.29) is 5.91 Å². The second-order valence-corrected chi connectivity index (χ2v) is 6.81. The van der Waals surface area contributed by atoms with E-state index in [0.29, 0.717) is 24.1 Å². The molecule has 3 rings (SSSR count). The molecule has 0 bridgehead atoms. The van der Waals surface area contributed by atoms with Crippen LogP contribution in [0.15, 0.2) is 34.7 Å². The Morgan fingerprint density at radius 3 is 2.52 bits per heavy atom. The molecule has 2 unspecified atom stereocenters. The summed E-state index contributed by atoms with van der Waals surface area (Å²) in [5.41, 5.74) is 1.69. The Balaban J connectivity index is 1.73. The molecule has 2 aromatic rings. The number of piperidine rings is 1. The van der Waals surface area contributed by atoms with Crippen molar-refractivity contribution in [1.82, 2.24) is 9.88 Å². The Hall–Kier alpha value is -2.10. The second kappa shape index (κ2) is 6.57. The summed E-state index contributed by atoms with van der Waals surface area (Å²) in [6.45, 7) is 8.01. The van der Waals surface area contributed by atoms with E-state index in [1.165, 1.54) is 6.42 Å². The van der Waals surface area contributed by atoms with E-state index < -0.39 is 0 Å². The topological polar surface area (TPSA) is 46.3 Å². The number of hydrogen-bond acceptors (Lipinski definition) is 3. The lowest BCUT2D eigenvalue weighted by molar-refractivity contribution is -0.133. The van der Waals surface area contributed by atoms with Gasteiger partial charge < -0.3 is 9.32 Å². The highest BCUT2D eigenvalue weighted by molar-refractivity contribution is 5.78. The monoisotopic (exact) mass is 312 g/mol. The fourth-order valence-corrected chi connectivity index (χ4v) is 3.42. The molecule has 1 saturated heterocycles. The molecule has 1 aromatic carbocycles. The van der Waals surface area contributed by atoms with E-state index in [4.69, 9.17) is 4.42 Å². The predicted octanol–water partition coefficient (Wildman–Crippen LogP) is 3.70. The Labute approximate surface area is 137 Å². The van der Waals surface area contributed by atoms with Crippen LogP contribution in [0.25, 0.3) is 11.5 Å². The van der Waals surface area contributed by atoms with E-state index in [2.05, 4.69) is 18.8 Å². The van der Waals surface area contributed by atoms with Crippen LogP contribution in [0.3, 0.4) is 0 Å². The third-order valence-electron chi connectivity index (χ3n) is 4.45. The zero-order valence-corrected chi connectivity index (χ0v) is 14.1. The number of benzene rings is 1. The molecule has 0 N–H and O–H groups in total. The van der Waals surface area contributed by atoms with Crippen molar-refractivity contribution in [3.63, 3.8) is 0 Å². The van der Waals surface area contributed by atoms with Gasteiger partial charge in [0.05, 0.1) is 12.1 Å². The molecule has 2 heterocycles. The van der Waals surface area contributed by atoms with Gasteiger partial charge >= 0.3 is 0 Å². The number of aryl methyl sites for hydroxylation is 1. The van der Waals surface area contributed by atoms with E-state index in [0.717, 1.165) is 30.1 Å². The number of aromatic nitrogens is 1. The average molecular weight is 312 g/mol. The molecule has 0 saturated carbocycles. The maximum absolute atomic E-state index is 12.6. The number of oxazole rings is 1. The predicted molar refractivity (Wildman–Crippen MR) is 89.9 cm³/mol. The number of hydrogen-bond donors (Lipinski definition) is 0. The van der Waals surface area contributed by atoms with Gasteiger partial charge in [0.25, 0.3) is 0 Å². The summed E-state index contributed by atoms with van der Waals surface area (Å²) in [5, 5.41) is 0. The average Bonchev–Trinajstić information content (AvgIpc) is 2.88. The van der Waals surface area contributed by atoms with Gasteiger partial charge in [0.15, 0.2) is 0 Å². The molecule has 1 aliphatic heterocycles. The summed E-state index contributed by atoms with van der Waals surface area (Å²) in [7, 11) is 0. The molecule has 1 aliphatic rings. The molecule has 23 heavy (non-hydrogen) atoms. The number of rotatable bonds is 3. The van der Waals surface area contributed by atoms with Crippen molar-refractivity contribution in [2.24, 2.45) is 11.8 Å². The molecule has 122 valence electrons. The fourth-order valence-electron chi connectivity index (χ4n) is 3.42. The number of likely N-dealkylation sites (tertiary alicyclic amines) is 1.